The number of amides is 1. The SMILES string of the molecule is COC(C)(C)CCNNC(=O)OC(C)(C)C. The van der Waals surface area contributed by atoms with Gasteiger partial charge in [-0.25, -0.2) is 10.2 Å². The predicted octanol–water partition coefficient (Wildman–Crippen LogP) is 1.83. The van der Waals surface area contributed by atoms with Crippen molar-refractivity contribution in [3.8, 4) is 0 Å². The summed E-state index contributed by atoms with van der Waals surface area (Å²) in [4.78, 5) is 11.2. The van der Waals surface area contributed by atoms with Gasteiger partial charge in [0.1, 0.15) is 5.60 Å². The molecule has 0 aromatic carbocycles. The molecule has 96 valence electrons. The Kier molecular flexibility index (Phi) is 5.75. The molecule has 0 aromatic heterocycles. The predicted molar refractivity (Wildman–Crippen MR) is 63.1 cm³/mol. The molecule has 0 aliphatic rings. The zero-order chi connectivity index (χ0) is 12.8. The van der Waals surface area contributed by atoms with Crippen LogP contribution in [0.15, 0.2) is 0 Å². The zero-order valence-electron chi connectivity index (χ0n) is 11.1. The van der Waals surface area contributed by atoms with Gasteiger partial charge in [-0.15, -0.1) is 0 Å². The van der Waals surface area contributed by atoms with Crippen LogP contribution < -0.4 is 10.9 Å². The third-order valence-electron chi connectivity index (χ3n) is 1.99. The van der Waals surface area contributed by atoms with Gasteiger partial charge in [0.15, 0.2) is 0 Å². The molecule has 5 heteroatoms. The quantitative estimate of drug-likeness (QED) is 0.561. The Bertz CT molecular complexity index is 222. The Morgan fingerprint density at radius 1 is 1.19 bits per heavy atom. The lowest BCUT2D eigenvalue weighted by Crippen LogP contribution is -2.43. The van der Waals surface area contributed by atoms with Gasteiger partial charge in [0.05, 0.1) is 5.60 Å². The summed E-state index contributed by atoms with van der Waals surface area (Å²) in [5.74, 6) is 0. The summed E-state index contributed by atoms with van der Waals surface area (Å²) in [6.07, 6.45) is 0.321. The molecule has 0 aliphatic carbocycles. The summed E-state index contributed by atoms with van der Waals surface area (Å²) < 4.78 is 10.3. The number of ether oxygens (including phenoxy) is 2. The fourth-order valence-electron chi connectivity index (χ4n) is 0.904. The first-order valence-corrected chi connectivity index (χ1v) is 5.43. The molecule has 0 heterocycles. The van der Waals surface area contributed by atoms with E-state index in [1.165, 1.54) is 0 Å². The van der Waals surface area contributed by atoms with Gasteiger partial charge in [-0.05, 0) is 41.0 Å². The van der Waals surface area contributed by atoms with E-state index in [4.69, 9.17) is 9.47 Å². The molecule has 0 rings (SSSR count). The summed E-state index contributed by atoms with van der Waals surface area (Å²) in [6.45, 7) is 10.1. The van der Waals surface area contributed by atoms with Crippen LogP contribution in [0.25, 0.3) is 0 Å². The molecule has 0 aliphatic heterocycles. The molecule has 0 saturated carbocycles. The summed E-state index contributed by atoms with van der Waals surface area (Å²) in [7, 11) is 1.67. The fourth-order valence-corrected chi connectivity index (χ4v) is 0.904. The summed E-state index contributed by atoms with van der Waals surface area (Å²) in [6, 6.07) is 0. The molecular weight excluding hydrogens is 208 g/mol. The number of carbonyl (C=O) groups is 1. The first-order valence-electron chi connectivity index (χ1n) is 5.43. The highest BCUT2D eigenvalue weighted by Crippen LogP contribution is 2.11. The lowest BCUT2D eigenvalue weighted by atomic mass is 10.1. The van der Waals surface area contributed by atoms with Crippen molar-refractivity contribution in [2.75, 3.05) is 13.7 Å². The topological polar surface area (TPSA) is 59.6 Å². The highest BCUT2D eigenvalue weighted by molar-refractivity contribution is 5.66. The van der Waals surface area contributed by atoms with Crippen molar-refractivity contribution in [1.29, 1.82) is 0 Å². The highest BCUT2D eigenvalue weighted by Gasteiger charge is 2.17. The van der Waals surface area contributed by atoms with Crippen LogP contribution in [0.4, 0.5) is 4.79 Å². The monoisotopic (exact) mass is 232 g/mol. The van der Waals surface area contributed by atoms with Gasteiger partial charge < -0.3 is 9.47 Å². The van der Waals surface area contributed by atoms with Gasteiger partial charge in [0.25, 0.3) is 0 Å². The van der Waals surface area contributed by atoms with Crippen LogP contribution >= 0.6 is 0 Å². The van der Waals surface area contributed by atoms with Crippen molar-refractivity contribution >= 4 is 6.09 Å². The lowest BCUT2D eigenvalue weighted by molar-refractivity contribution is 0.0139. The van der Waals surface area contributed by atoms with Crippen molar-refractivity contribution < 1.29 is 14.3 Å². The van der Waals surface area contributed by atoms with Crippen LogP contribution in [0.2, 0.25) is 0 Å². The molecule has 0 atom stereocenters. The van der Waals surface area contributed by atoms with Gasteiger partial charge in [-0.2, -0.15) is 0 Å². The Hall–Kier alpha value is -0.810. The molecule has 0 bridgehead atoms. The zero-order valence-corrected chi connectivity index (χ0v) is 11.1. The molecule has 16 heavy (non-hydrogen) atoms. The normalized spacial score (nSPS) is 12.4. The van der Waals surface area contributed by atoms with E-state index in [0.29, 0.717) is 6.54 Å². The third-order valence-corrected chi connectivity index (χ3v) is 1.99. The second-order valence-electron chi connectivity index (χ2n) is 5.27. The molecule has 0 aromatic rings. The van der Waals surface area contributed by atoms with Crippen LogP contribution in [0.3, 0.4) is 0 Å². The Morgan fingerprint density at radius 2 is 1.75 bits per heavy atom. The summed E-state index contributed by atoms with van der Waals surface area (Å²) in [5, 5.41) is 0. The number of hydrogen-bond acceptors (Lipinski definition) is 4. The minimum Gasteiger partial charge on any atom is -0.443 e. The molecule has 2 N–H and O–H groups in total. The summed E-state index contributed by atoms with van der Waals surface area (Å²) >= 11 is 0. The van der Waals surface area contributed by atoms with Crippen LogP contribution in [-0.4, -0.2) is 30.9 Å². The molecule has 0 spiro atoms. The molecule has 5 nitrogen and oxygen atoms in total. The lowest BCUT2D eigenvalue weighted by Gasteiger charge is -2.23. The van der Waals surface area contributed by atoms with Crippen LogP contribution in [0.5, 0.6) is 0 Å². The van der Waals surface area contributed by atoms with Gasteiger partial charge in [0.2, 0.25) is 0 Å². The molecule has 0 radical (unpaired) electrons. The Labute approximate surface area is 97.8 Å². The third kappa shape index (κ3) is 8.49. The Morgan fingerprint density at radius 3 is 2.19 bits per heavy atom. The van der Waals surface area contributed by atoms with Crippen LogP contribution in [-0.2, 0) is 9.47 Å². The van der Waals surface area contributed by atoms with E-state index in [-0.39, 0.29) is 5.60 Å². The fraction of sp³-hybridized carbons (Fsp3) is 0.909. The number of rotatable bonds is 5. The maximum Gasteiger partial charge on any atom is 0.422 e. The second kappa shape index (κ2) is 6.06. The van der Waals surface area contributed by atoms with Crippen molar-refractivity contribution in [3.63, 3.8) is 0 Å². The average molecular weight is 232 g/mol. The molecule has 1 amide bonds. The number of hydrogen-bond donors (Lipinski definition) is 2. The van der Waals surface area contributed by atoms with Crippen LogP contribution in [0, 0.1) is 0 Å². The summed E-state index contributed by atoms with van der Waals surface area (Å²) in [5.41, 5.74) is 4.60. The van der Waals surface area contributed by atoms with Crippen molar-refractivity contribution in [1.82, 2.24) is 10.9 Å². The van der Waals surface area contributed by atoms with E-state index in [1.54, 1.807) is 7.11 Å². The molecule has 0 fully saturated rings. The molecule has 0 saturated heterocycles. The maximum absolute atomic E-state index is 11.2. The van der Waals surface area contributed by atoms with Gasteiger partial charge in [0, 0.05) is 13.7 Å². The van der Waals surface area contributed by atoms with Crippen molar-refractivity contribution in [2.24, 2.45) is 0 Å². The second-order valence-corrected chi connectivity index (χ2v) is 5.27. The van der Waals surface area contributed by atoms with Crippen LogP contribution in [0.1, 0.15) is 41.0 Å². The first-order chi connectivity index (χ1) is 7.16. The average Bonchev–Trinajstić information content (AvgIpc) is 2.10. The number of methoxy groups -OCH3 is 1. The van der Waals surface area contributed by atoms with Crippen molar-refractivity contribution in [3.05, 3.63) is 0 Å². The van der Waals surface area contributed by atoms with E-state index < -0.39 is 11.7 Å². The highest BCUT2D eigenvalue weighted by atomic mass is 16.6. The van der Waals surface area contributed by atoms with E-state index in [9.17, 15) is 4.79 Å². The first kappa shape index (κ1) is 15.2. The minimum atomic E-state index is -0.475. The maximum atomic E-state index is 11.2. The van der Waals surface area contributed by atoms with Gasteiger partial charge in [-0.1, -0.05) is 0 Å². The molecule has 0 unspecified atom stereocenters. The number of carbonyl (C=O) groups excluding carboxylic acids is 1. The van der Waals surface area contributed by atoms with E-state index in [2.05, 4.69) is 10.9 Å². The standard InChI is InChI=1S/C11H24N2O3/c1-10(2,3)16-9(14)13-12-8-7-11(4,5)15-6/h12H,7-8H2,1-6H3,(H,13,14). The smallest absolute Gasteiger partial charge is 0.422 e. The largest absolute Gasteiger partial charge is 0.443 e. The van der Waals surface area contributed by atoms with Gasteiger partial charge in [-0.3, -0.25) is 5.43 Å². The minimum absolute atomic E-state index is 0.192. The Balaban J connectivity index is 3.64. The van der Waals surface area contributed by atoms with Gasteiger partial charge >= 0.3 is 6.09 Å². The van der Waals surface area contributed by atoms with E-state index >= 15 is 0 Å². The van der Waals surface area contributed by atoms with Crippen molar-refractivity contribution in [2.45, 2.75) is 52.2 Å². The van der Waals surface area contributed by atoms with E-state index in [1.807, 2.05) is 34.6 Å². The molecular formula is C11H24N2O3. The van der Waals surface area contributed by atoms with E-state index in [0.717, 1.165) is 6.42 Å². The number of nitrogens with one attached hydrogen (secondary N) is 2. The number of hydrazine groups is 1.